The highest BCUT2D eigenvalue weighted by molar-refractivity contribution is 5.89. The fraction of sp³-hybridized carbons (Fsp3) is 0.529. The third kappa shape index (κ3) is 3.63. The van der Waals surface area contributed by atoms with E-state index in [4.69, 9.17) is 4.74 Å². The lowest BCUT2D eigenvalue weighted by atomic mass is 9.86. The summed E-state index contributed by atoms with van der Waals surface area (Å²) >= 11 is 0. The summed E-state index contributed by atoms with van der Waals surface area (Å²) in [5.74, 6) is -0.251. The molecule has 0 radical (unpaired) electrons. The van der Waals surface area contributed by atoms with Crippen LogP contribution in [-0.2, 0) is 22.4 Å². The fourth-order valence-corrected chi connectivity index (χ4v) is 2.53. The molecule has 0 aromatic heterocycles. The van der Waals surface area contributed by atoms with Gasteiger partial charge < -0.3 is 10.1 Å². The third-order valence-corrected chi connectivity index (χ3v) is 3.87. The van der Waals surface area contributed by atoms with Crippen molar-refractivity contribution in [2.75, 3.05) is 7.11 Å². The number of methoxy groups -OCH3 is 1. The highest BCUT2D eigenvalue weighted by Crippen LogP contribution is 2.24. The smallest absolute Gasteiger partial charge is 0.337 e. The standard InChI is InChI=1S/C17H23NO3/c1-17(2,3)16(20)18-14-8-7-11-5-6-12(15(19)21-4)9-13(11)10-14/h5-6,9,14H,7-8,10H2,1-4H3,(H,18,20). The van der Waals surface area contributed by atoms with E-state index in [-0.39, 0.29) is 23.3 Å². The van der Waals surface area contributed by atoms with Gasteiger partial charge in [0.2, 0.25) is 5.91 Å². The van der Waals surface area contributed by atoms with Crippen molar-refractivity contribution in [2.24, 2.45) is 5.41 Å². The molecule has 1 amide bonds. The Morgan fingerprint density at radius 1 is 1.24 bits per heavy atom. The lowest BCUT2D eigenvalue weighted by Gasteiger charge is -2.28. The lowest BCUT2D eigenvalue weighted by molar-refractivity contribution is -0.129. The molecule has 1 aliphatic rings. The largest absolute Gasteiger partial charge is 0.465 e. The maximum atomic E-state index is 12.1. The second-order valence-corrected chi connectivity index (χ2v) is 6.64. The van der Waals surface area contributed by atoms with Crippen LogP contribution in [-0.4, -0.2) is 25.0 Å². The van der Waals surface area contributed by atoms with Gasteiger partial charge in [0, 0.05) is 11.5 Å². The quantitative estimate of drug-likeness (QED) is 0.851. The molecule has 1 atom stereocenters. The van der Waals surface area contributed by atoms with E-state index in [0.29, 0.717) is 5.56 Å². The van der Waals surface area contributed by atoms with Gasteiger partial charge in [-0.2, -0.15) is 0 Å². The Bertz CT molecular complexity index is 558. The van der Waals surface area contributed by atoms with Gasteiger partial charge in [0.25, 0.3) is 0 Å². The van der Waals surface area contributed by atoms with Crippen molar-refractivity contribution in [1.29, 1.82) is 0 Å². The highest BCUT2D eigenvalue weighted by Gasteiger charge is 2.26. The summed E-state index contributed by atoms with van der Waals surface area (Å²) in [7, 11) is 1.38. The van der Waals surface area contributed by atoms with E-state index in [0.717, 1.165) is 24.8 Å². The van der Waals surface area contributed by atoms with Gasteiger partial charge >= 0.3 is 5.97 Å². The predicted octanol–water partition coefficient (Wildman–Crippen LogP) is 2.49. The van der Waals surface area contributed by atoms with E-state index < -0.39 is 0 Å². The molecule has 4 heteroatoms. The third-order valence-electron chi connectivity index (χ3n) is 3.87. The fourth-order valence-electron chi connectivity index (χ4n) is 2.53. The van der Waals surface area contributed by atoms with Gasteiger partial charge in [0.1, 0.15) is 0 Å². The van der Waals surface area contributed by atoms with Crippen LogP contribution in [0.3, 0.4) is 0 Å². The normalized spacial score (nSPS) is 17.8. The average molecular weight is 289 g/mol. The molecule has 21 heavy (non-hydrogen) atoms. The number of nitrogens with one attached hydrogen (secondary N) is 1. The number of benzene rings is 1. The van der Waals surface area contributed by atoms with Crippen LogP contribution in [0.5, 0.6) is 0 Å². The van der Waals surface area contributed by atoms with E-state index in [1.54, 1.807) is 6.07 Å². The summed E-state index contributed by atoms with van der Waals surface area (Å²) in [6.07, 6.45) is 2.63. The predicted molar refractivity (Wildman–Crippen MR) is 81.2 cm³/mol. The van der Waals surface area contributed by atoms with Crippen molar-refractivity contribution >= 4 is 11.9 Å². The molecule has 0 saturated heterocycles. The molecule has 1 aliphatic carbocycles. The van der Waals surface area contributed by atoms with Crippen molar-refractivity contribution in [3.63, 3.8) is 0 Å². The molecular weight excluding hydrogens is 266 g/mol. The minimum absolute atomic E-state index is 0.0695. The average Bonchev–Trinajstić information content (AvgIpc) is 2.44. The van der Waals surface area contributed by atoms with Crippen LogP contribution in [0.15, 0.2) is 18.2 Å². The number of ether oxygens (including phenoxy) is 1. The Hall–Kier alpha value is -1.84. The summed E-state index contributed by atoms with van der Waals surface area (Å²) in [5, 5.41) is 3.11. The minimum atomic E-state index is -0.381. The van der Waals surface area contributed by atoms with Gasteiger partial charge in [-0.05, 0) is 42.5 Å². The zero-order valence-corrected chi connectivity index (χ0v) is 13.2. The van der Waals surface area contributed by atoms with Crippen molar-refractivity contribution in [3.05, 3.63) is 34.9 Å². The summed E-state index contributed by atoms with van der Waals surface area (Å²) < 4.78 is 4.75. The number of rotatable bonds is 2. The topological polar surface area (TPSA) is 55.4 Å². The maximum absolute atomic E-state index is 12.1. The number of carbonyl (C=O) groups is 2. The Morgan fingerprint density at radius 3 is 2.57 bits per heavy atom. The summed E-state index contributed by atoms with van der Waals surface area (Å²) in [5.41, 5.74) is 2.57. The van der Waals surface area contributed by atoms with Crippen molar-refractivity contribution in [2.45, 2.75) is 46.1 Å². The Kier molecular flexibility index (Phi) is 4.35. The van der Waals surface area contributed by atoms with Gasteiger partial charge in [-0.15, -0.1) is 0 Å². The molecule has 1 N–H and O–H groups in total. The molecule has 0 heterocycles. The number of fused-ring (bicyclic) bond motifs is 1. The van der Waals surface area contributed by atoms with Crippen LogP contribution < -0.4 is 5.32 Å². The highest BCUT2D eigenvalue weighted by atomic mass is 16.5. The van der Waals surface area contributed by atoms with Crippen LogP contribution in [0.25, 0.3) is 0 Å². The van der Waals surface area contributed by atoms with Gasteiger partial charge in [0.15, 0.2) is 0 Å². The summed E-state index contributed by atoms with van der Waals surface area (Å²) in [4.78, 5) is 23.7. The first-order chi connectivity index (χ1) is 9.81. The monoisotopic (exact) mass is 289 g/mol. The number of esters is 1. The Labute approximate surface area is 125 Å². The summed E-state index contributed by atoms with van der Waals surface area (Å²) in [6, 6.07) is 5.82. The molecule has 114 valence electrons. The lowest BCUT2D eigenvalue weighted by Crippen LogP contribution is -2.44. The molecule has 0 spiro atoms. The van der Waals surface area contributed by atoms with Gasteiger partial charge in [0.05, 0.1) is 12.7 Å². The molecular formula is C17H23NO3. The van der Waals surface area contributed by atoms with E-state index >= 15 is 0 Å². The minimum Gasteiger partial charge on any atom is -0.465 e. The van der Waals surface area contributed by atoms with Crippen molar-refractivity contribution < 1.29 is 14.3 Å². The maximum Gasteiger partial charge on any atom is 0.337 e. The number of amides is 1. The Morgan fingerprint density at radius 2 is 1.95 bits per heavy atom. The second-order valence-electron chi connectivity index (χ2n) is 6.64. The van der Waals surface area contributed by atoms with E-state index in [1.165, 1.54) is 12.7 Å². The number of hydrogen-bond acceptors (Lipinski definition) is 3. The van der Waals surface area contributed by atoms with Gasteiger partial charge in [-0.1, -0.05) is 26.8 Å². The van der Waals surface area contributed by atoms with E-state index in [2.05, 4.69) is 5.32 Å². The van der Waals surface area contributed by atoms with Crippen LogP contribution in [0.1, 0.15) is 48.7 Å². The second kappa shape index (κ2) is 5.88. The molecule has 0 saturated carbocycles. The molecule has 1 aromatic rings. The number of hydrogen-bond donors (Lipinski definition) is 1. The number of aryl methyl sites for hydroxylation is 1. The number of carbonyl (C=O) groups excluding carboxylic acids is 2. The van der Waals surface area contributed by atoms with Gasteiger partial charge in [-0.3, -0.25) is 4.79 Å². The van der Waals surface area contributed by atoms with Gasteiger partial charge in [-0.25, -0.2) is 4.79 Å². The van der Waals surface area contributed by atoms with Crippen molar-refractivity contribution in [1.82, 2.24) is 5.32 Å². The zero-order valence-electron chi connectivity index (χ0n) is 13.2. The first kappa shape index (κ1) is 15.5. The zero-order chi connectivity index (χ0) is 15.6. The molecule has 0 aliphatic heterocycles. The SMILES string of the molecule is COC(=O)c1ccc2c(c1)CC(NC(=O)C(C)(C)C)CC2. The van der Waals surface area contributed by atoms with Crippen LogP contribution in [0, 0.1) is 5.41 Å². The van der Waals surface area contributed by atoms with Crippen LogP contribution in [0.2, 0.25) is 0 Å². The van der Waals surface area contributed by atoms with E-state index in [1.807, 2.05) is 32.9 Å². The van der Waals surface area contributed by atoms with Crippen LogP contribution in [0.4, 0.5) is 0 Å². The molecule has 0 bridgehead atoms. The molecule has 0 fully saturated rings. The first-order valence-electron chi connectivity index (χ1n) is 7.32. The summed E-state index contributed by atoms with van der Waals surface area (Å²) in [6.45, 7) is 5.73. The Balaban J connectivity index is 2.12. The molecule has 1 unspecified atom stereocenters. The first-order valence-corrected chi connectivity index (χ1v) is 7.32. The van der Waals surface area contributed by atoms with E-state index in [9.17, 15) is 9.59 Å². The molecule has 1 aromatic carbocycles. The van der Waals surface area contributed by atoms with Crippen LogP contribution >= 0.6 is 0 Å². The molecule has 2 rings (SSSR count). The van der Waals surface area contributed by atoms with Crippen molar-refractivity contribution in [3.8, 4) is 0 Å². The molecule has 4 nitrogen and oxygen atoms in total.